The first-order chi connectivity index (χ1) is 13.3. The second-order valence-electron chi connectivity index (χ2n) is 7.96. The minimum Gasteiger partial charge on any atom is -0.481 e. The number of rotatable bonds is 4. The third kappa shape index (κ3) is 3.56. The third-order valence-electron chi connectivity index (χ3n) is 6.14. The smallest absolute Gasteiger partial charge is 0.416 e. The molecule has 1 unspecified atom stereocenters. The van der Waals surface area contributed by atoms with Gasteiger partial charge in [0.25, 0.3) is 0 Å². The predicted octanol–water partition coefficient (Wildman–Crippen LogP) is 5.33. The van der Waals surface area contributed by atoms with Gasteiger partial charge in [-0.05, 0) is 73.8 Å². The van der Waals surface area contributed by atoms with Gasteiger partial charge in [0.1, 0.15) is 0 Å². The molecule has 1 atom stereocenters. The summed E-state index contributed by atoms with van der Waals surface area (Å²) < 4.78 is 40.8. The Kier molecular flexibility index (Phi) is 4.98. The number of fused-ring (bicyclic) bond motifs is 3. The molecule has 150 valence electrons. The average molecular weight is 391 g/mol. The van der Waals surface area contributed by atoms with Crippen molar-refractivity contribution in [1.29, 1.82) is 0 Å². The van der Waals surface area contributed by atoms with Crippen LogP contribution in [0.3, 0.4) is 0 Å². The van der Waals surface area contributed by atoms with Crippen molar-refractivity contribution in [1.82, 2.24) is 4.57 Å². The Balaban J connectivity index is 1.74. The second-order valence-corrected chi connectivity index (χ2v) is 7.96. The van der Waals surface area contributed by atoms with Gasteiger partial charge < -0.3 is 9.67 Å². The number of carboxylic acid groups (broad SMARTS) is 1. The van der Waals surface area contributed by atoms with E-state index in [9.17, 15) is 23.1 Å². The minimum atomic E-state index is -4.34. The van der Waals surface area contributed by atoms with E-state index in [1.807, 2.05) is 0 Å². The van der Waals surface area contributed by atoms with Crippen LogP contribution in [0.1, 0.15) is 71.7 Å². The Hall–Kier alpha value is -2.24. The fourth-order valence-corrected chi connectivity index (χ4v) is 4.95. The van der Waals surface area contributed by atoms with Gasteiger partial charge in [-0.3, -0.25) is 4.79 Å². The monoisotopic (exact) mass is 391 g/mol. The normalized spacial score (nSPS) is 19.2. The van der Waals surface area contributed by atoms with E-state index >= 15 is 0 Å². The van der Waals surface area contributed by atoms with Crippen LogP contribution in [0.5, 0.6) is 0 Å². The number of carbonyl (C=O) groups is 1. The van der Waals surface area contributed by atoms with Gasteiger partial charge >= 0.3 is 12.1 Å². The Labute approximate surface area is 162 Å². The molecule has 2 aliphatic carbocycles. The number of aliphatic carboxylic acids is 1. The molecule has 0 saturated heterocycles. The van der Waals surface area contributed by atoms with Crippen LogP contribution >= 0.6 is 0 Å². The maximum absolute atomic E-state index is 12.9. The molecule has 0 radical (unpaired) electrons. The molecule has 0 saturated carbocycles. The predicted molar refractivity (Wildman–Crippen MR) is 99.6 cm³/mol. The summed E-state index contributed by atoms with van der Waals surface area (Å²) in [5, 5.41) is 9.37. The summed E-state index contributed by atoms with van der Waals surface area (Å²) in [5.74, 6) is -0.806. The van der Waals surface area contributed by atoms with Crippen LogP contribution in [0.15, 0.2) is 24.3 Å². The summed E-state index contributed by atoms with van der Waals surface area (Å²) in [6.07, 6.45) is 2.85. The van der Waals surface area contributed by atoms with Crippen molar-refractivity contribution in [2.45, 2.75) is 70.0 Å². The van der Waals surface area contributed by atoms with Gasteiger partial charge in [0.15, 0.2) is 0 Å². The zero-order valence-electron chi connectivity index (χ0n) is 15.7. The van der Waals surface area contributed by atoms with Crippen molar-refractivity contribution in [3.05, 3.63) is 57.9 Å². The molecular formula is C22H24F3NO2. The standard InChI is InChI=1S/C22H24F3NO2/c23-22(24,25)16-10-8-14(9-11-16)13-26-19-7-2-1-5-17(19)18-6-3-4-15(21(18)26)12-20(27)28/h8-11,15H,1-7,12-13H2,(H,27,28). The quantitative estimate of drug-likeness (QED) is 0.766. The lowest BCUT2D eigenvalue weighted by atomic mass is 9.82. The van der Waals surface area contributed by atoms with Crippen molar-refractivity contribution in [2.24, 2.45) is 0 Å². The molecule has 6 heteroatoms. The highest BCUT2D eigenvalue weighted by Gasteiger charge is 2.33. The molecular weight excluding hydrogens is 367 g/mol. The molecule has 0 bridgehead atoms. The van der Waals surface area contributed by atoms with E-state index in [4.69, 9.17) is 0 Å². The fourth-order valence-electron chi connectivity index (χ4n) is 4.95. The average Bonchev–Trinajstić information content (AvgIpc) is 2.96. The van der Waals surface area contributed by atoms with Crippen LogP contribution in [0.4, 0.5) is 13.2 Å². The summed E-state index contributed by atoms with van der Waals surface area (Å²) in [7, 11) is 0. The molecule has 2 aromatic rings. The van der Waals surface area contributed by atoms with E-state index in [1.54, 1.807) is 12.1 Å². The van der Waals surface area contributed by atoms with Crippen molar-refractivity contribution in [3.63, 3.8) is 0 Å². The van der Waals surface area contributed by atoms with Gasteiger partial charge in [-0.15, -0.1) is 0 Å². The molecule has 2 aliphatic rings. The Bertz CT molecular complexity index is 881. The van der Waals surface area contributed by atoms with Crippen LogP contribution < -0.4 is 0 Å². The van der Waals surface area contributed by atoms with E-state index in [-0.39, 0.29) is 12.3 Å². The van der Waals surface area contributed by atoms with Crippen LogP contribution in [-0.4, -0.2) is 15.6 Å². The van der Waals surface area contributed by atoms with Gasteiger partial charge in [-0.1, -0.05) is 12.1 Å². The second kappa shape index (κ2) is 7.30. The number of alkyl halides is 3. The zero-order valence-corrected chi connectivity index (χ0v) is 15.7. The first-order valence-corrected chi connectivity index (χ1v) is 9.95. The van der Waals surface area contributed by atoms with E-state index < -0.39 is 17.7 Å². The summed E-state index contributed by atoms with van der Waals surface area (Å²) >= 11 is 0. The van der Waals surface area contributed by atoms with Crippen molar-refractivity contribution < 1.29 is 23.1 Å². The number of hydrogen-bond acceptors (Lipinski definition) is 1. The molecule has 0 spiro atoms. The molecule has 1 aromatic carbocycles. The number of benzene rings is 1. The highest BCUT2D eigenvalue weighted by molar-refractivity contribution is 5.68. The summed E-state index contributed by atoms with van der Waals surface area (Å²) in [6.45, 7) is 0.506. The maximum atomic E-state index is 12.9. The topological polar surface area (TPSA) is 42.2 Å². The number of halogens is 3. The van der Waals surface area contributed by atoms with Crippen LogP contribution in [0.2, 0.25) is 0 Å². The number of nitrogens with zero attached hydrogens (tertiary/aromatic N) is 1. The first kappa shape index (κ1) is 19.1. The highest BCUT2D eigenvalue weighted by atomic mass is 19.4. The van der Waals surface area contributed by atoms with Crippen molar-refractivity contribution in [2.75, 3.05) is 0 Å². The van der Waals surface area contributed by atoms with Crippen LogP contribution in [0.25, 0.3) is 0 Å². The summed E-state index contributed by atoms with van der Waals surface area (Å²) in [5.41, 5.74) is 5.27. The first-order valence-electron chi connectivity index (χ1n) is 9.95. The van der Waals surface area contributed by atoms with E-state index in [0.29, 0.717) is 6.54 Å². The van der Waals surface area contributed by atoms with Crippen molar-refractivity contribution in [3.8, 4) is 0 Å². The van der Waals surface area contributed by atoms with E-state index in [1.165, 1.54) is 16.8 Å². The Morgan fingerprint density at radius 1 is 1.04 bits per heavy atom. The van der Waals surface area contributed by atoms with Crippen LogP contribution in [0, 0.1) is 0 Å². The Morgan fingerprint density at radius 3 is 2.39 bits per heavy atom. The van der Waals surface area contributed by atoms with E-state index in [0.717, 1.165) is 68.3 Å². The molecule has 0 amide bonds. The van der Waals surface area contributed by atoms with Gasteiger partial charge in [-0.25, -0.2) is 0 Å². The van der Waals surface area contributed by atoms with E-state index in [2.05, 4.69) is 4.57 Å². The molecule has 1 heterocycles. The summed E-state index contributed by atoms with van der Waals surface area (Å²) in [6, 6.07) is 5.35. The molecule has 3 nitrogen and oxygen atoms in total. The minimum absolute atomic E-state index is 0.0127. The molecule has 28 heavy (non-hydrogen) atoms. The molecule has 1 N–H and O–H groups in total. The Morgan fingerprint density at radius 2 is 1.71 bits per heavy atom. The SMILES string of the molecule is O=C(O)CC1CCCc2c3c(n(Cc4ccc(C(F)(F)F)cc4)c21)CCCC3. The fraction of sp³-hybridized carbons (Fsp3) is 0.500. The maximum Gasteiger partial charge on any atom is 0.416 e. The molecule has 0 fully saturated rings. The molecule has 1 aromatic heterocycles. The molecule has 0 aliphatic heterocycles. The lowest BCUT2D eigenvalue weighted by molar-refractivity contribution is -0.138. The van der Waals surface area contributed by atoms with Gasteiger partial charge in [0, 0.05) is 23.9 Å². The van der Waals surface area contributed by atoms with Gasteiger partial charge in [-0.2, -0.15) is 13.2 Å². The third-order valence-corrected chi connectivity index (χ3v) is 6.14. The number of aromatic nitrogens is 1. The van der Waals surface area contributed by atoms with Gasteiger partial charge in [0.2, 0.25) is 0 Å². The largest absolute Gasteiger partial charge is 0.481 e. The van der Waals surface area contributed by atoms with Crippen LogP contribution in [-0.2, 0) is 36.8 Å². The van der Waals surface area contributed by atoms with Gasteiger partial charge in [0.05, 0.1) is 12.0 Å². The lowest BCUT2D eigenvalue weighted by Gasteiger charge is -2.25. The lowest BCUT2D eigenvalue weighted by Crippen LogP contribution is -2.18. The molecule has 4 rings (SSSR count). The van der Waals surface area contributed by atoms with Crippen molar-refractivity contribution >= 4 is 5.97 Å². The zero-order chi connectivity index (χ0) is 19.9. The number of carboxylic acids is 1. The highest BCUT2D eigenvalue weighted by Crippen LogP contribution is 2.42. The number of hydrogen-bond donors (Lipinski definition) is 1. The summed E-state index contributed by atoms with van der Waals surface area (Å²) in [4.78, 5) is 11.4.